The summed E-state index contributed by atoms with van der Waals surface area (Å²) < 4.78 is 24.6. The fourth-order valence-electron chi connectivity index (χ4n) is 2.19. The highest BCUT2D eigenvalue weighted by molar-refractivity contribution is 5.35. The van der Waals surface area contributed by atoms with Crippen molar-refractivity contribution in [2.45, 2.75) is 25.8 Å². The van der Waals surface area contributed by atoms with Crippen molar-refractivity contribution in [1.29, 1.82) is 5.26 Å². The summed E-state index contributed by atoms with van der Waals surface area (Å²) in [4.78, 5) is 0. The zero-order valence-corrected chi connectivity index (χ0v) is 12.3. The molecular weight excluding hydrogens is 271 g/mol. The minimum Gasteiger partial charge on any atom is -0.490 e. The van der Waals surface area contributed by atoms with E-state index >= 15 is 0 Å². The number of hydrogen-bond donors (Lipinski definition) is 1. The van der Waals surface area contributed by atoms with E-state index in [4.69, 9.17) is 14.7 Å². The van der Waals surface area contributed by atoms with Crippen LogP contribution in [-0.4, -0.2) is 26.9 Å². The number of rotatable bonds is 9. The Kier molecular flexibility index (Phi) is 5.54. The SMILES string of the molecule is COCCNCc1cccc(F)c1OCC1(CC#N)CC1. The number of hydrogen-bond acceptors (Lipinski definition) is 4. The molecule has 0 saturated heterocycles. The van der Waals surface area contributed by atoms with Gasteiger partial charge in [0, 0.05) is 37.6 Å². The van der Waals surface area contributed by atoms with Crippen molar-refractivity contribution in [2.24, 2.45) is 5.41 Å². The van der Waals surface area contributed by atoms with Crippen molar-refractivity contribution in [3.63, 3.8) is 0 Å². The molecule has 5 heteroatoms. The van der Waals surface area contributed by atoms with Gasteiger partial charge in [0.2, 0.25) is 0 Å². The molecule has 0 heterocycles. The molecule has 1 aromatic rings. The van der Waals surface area contributed by atoms with Crippen molar-refractivity contribution in [1.82, 2.24) is 5.32 Å². The van der Waals surface area contributed by atoms with Crippen LogP contribution in [0.3, 0.4) is 0 Å². The summed E-state index contributed by atoms with van der Waals surface area (Å²) in [6.45, 7) is 2.25. The lowest BCUT2D eigenvalue weighted by Crippen LogP contribution is -2.20. The Morgan fingerprint density at radius 1 is 1.43 bits per heavy atom. The molecule has 0 radical (unpaired) electrons. The van der Waals surface area contributed by atoms with Gasteiger partial charge in [0.05, 0.1) is 19.3 Å². The van der Waals surface area contributed by atoms with Crippen LogP contribution < -0.4 is 10.1 Å². The highest BCUT2D eigenvalue weighted by Crippen LogP contribution is 2.48. The summed E-state index contributed by atoms with van der Waals surface area (Å²) >= 11 is 0. The van der Waals surface area contributed by atoms with E-state index in [1.54, 1.807) is 13.2 Å². The number of ether oxygens (including phenoxy) is 2. The van der Waals surface area contributed by atoms with Gasteiger partial charge >= 0.3 is 0 Å². The van der Waals surface area contributed by atoms with Crippen LogP contribution in [0.4, 0.5) is 4.39 Å². The van der Waals surface area contributed by atoms with E-state index in [9.17, 15) is 4.39 Å². The first-order chi connectivity index (χ1) is 10.2. The summed E-state index contributed by atoms with van der Waals surface area (Å²) in [7, 11) is 1.64. The molecule has 0 unspecified atom stereocenters. The Hall–Kier alpha value is -1.64. The minimum absolute atomic E-state index is 0.0578. The lowest BCUT2D eigenvalue weighted by Gasteiger charge is -2.16. The Bertz CT molecular complexity index is 509. The lowest BCUT2D eigenvalue weighted by molar-refractivity contribution is 0.198. The van der Waals surface area contributed by atoms with Crippen molar-refractivity contribution in [2.75, 3.05) is 26.9 Å². The van der Waals surface area contributed by atoms with Crippen LogP contribution >= 0.6 is 0 Å². The second-order valence-electron chi connectivity index (χ2n) is 5.52. The van der Waals surface area contributed by atoms with Gasteiger partial charge in [-0.3, -0.25) is 0 Å². The predicted molar refractivity (Wildman–Crippen MR) is 77.4 cm³/mol. The first-order valence-corrected chi connectivity index (χ1v) is 7.17. The third-order valence-electron chi connectivity index (χ3n) is 3.78. The molecule has 1 aliphatic rings. The fraction of sp³-hybridized carbons (Fsp3) is 0.562. The van der Waals surface area contributed by atoms with Crippen molar-refractivity contribution >= 4 is 0 Å². The Morgan fingerprint density at radius 2 is 2.24 bits per heavy atom. The monoisotopic (exact) mass is 292 g/mol. The summed E-state index contributed by atoms with van der Waals surface area (Å²) in [6, 6.07) is 7.11. The molecular formula is C16H21FN2O2. The number of para-hydroxylation sites is 1. The zero-order valence-electron chi connectivity index (χ0n) is 12.3. The quantitative estimate of drug-likeness (QED) is 0.711. The molecule has 2 rings (SSSR count). The number of nitrogens with zero attached hydrogens (tertiary/aromatic N) is 1. The van der Waals surface area contributed by atoms with E-state index in [1.165, 1.54) is 6.07 Å². The van der Waals surface area contributed by atoms with Crippen molar-refractivity contribution < 1.29 is 13.9 Å². The number of methoxy groups -OCH3 is 1. The van der Waals surface area contributed by atoms with E-state index in [-0.39, 0.29) is 11.2 Å². The van der Waals surface area contributed by atoms with Gasteiger partial charge < -0.3 is 14.8 Å². The molecule has 0 spiro atoms. The first-order valence-electron chi connectivity index (χ1n) is 7.17. The molecule has 0 aromatic heterocycles. The number of nitrogens with one attached hydrogen (secondary N) is 1. The number of nitriles is 1. The average molecular weight is 292 g/mol. The maximum absolute atomic E-state index is 14.0. The fourth-order valence-corrected chi connectivity index (χ4v) is 2.19. The number of benzene rings is 1. The van der Waals surface area contributed by atoms with E-state index in [1.807, 2.05) is 6.07 Å². The first kappa shape index (κ1) is 15.7. The van der Waals surface area contributed by atoms with Gasteiger partial charge in [-0.2, -0.15) is 5.26 Å². The molecule has 1 fully saturated rings. The van der Waals surface area contributed by atoms with Crippen molar-refractivity contribution in [3.8, 4) is 11.8 Å². The Balaban J connectivity index is 1.95. The van der Waals surface area contributed by atoms with Crippen LogP contribution in [0.2, 0.25) is 0 Å². The Labute approximate surface area is 124 Å². The summed E-state index contributed by atoms with van der Waals surface area (Å²) in [5, 5.41) is 12.0. The maximum atomic E-state index is 14.0. The van der Waals surface area contributed by atoms with E-state index in [0.717, 1.165) is 18.4 Å². The molecule has 114 valence electrons. The van der Waals surface area contributed by atoms with Gasteiger partial charge in [0.25, 0.3) is 0 Å². The third kappa shape index (κ3) is 4.42. The molecule has 4 nitrogen and oxygen atoms in total. The van der Waals surface area contributed by atoms with Gasteiger partial charge in [-0.25, -0.2) is 4.39 Å². The molecule has 1 aromatic carbocycles. The van der Waals surface area contributed by atoms with Gasteiger partial charge in [-0.15, -0.1) is 0 Å². The molecule has 1 aliphatic carbocycles. The highest BCUT2D eigenvalue weighted by Gasteiger charge is 2.43. The summed E-state index contributed by atoms with van der Waals surface area (Å²) in [5.41, 5.74) is 0.733. The van der Waals surface area contributed by atoms with Gasteiger partial charge in [-0.05, 0) is 18.9 Å². The molecule has 21 heavy (non-hydrogen) atoms. The summed E-state index contributed by atoms with van der Waals surface area (Å²) in [5.74, 6) is -0.0552. The summed E-state index contributed by atoms with van der Waals surface area (Å²) in [6.07, 6.45) is 2.44. The maximum Gasteiger partial charge on any atom is 0.165 e. The molecule has 0 aliphatic heterocycles. The van der Waals surface area contributed by atoms with Gasteiger partial charge in [-0.1, -0.05) is 12.1 Å². The molecule has 0 bridgehead atoms. The third-order valence-corrected chi connectivity index (χ3v) is 3.78. The second-order valence-corrected chi connectivity index (χ2v) is 5.52. The molecule has 0 amide bonds. The van der Waals surface area contributed by atoms with E-state index in [0.29, 0.717) is 38.5 Å². The van der Waals surface area contributed by atoms with Gasteiger partial charge in [0.1, 0.15) is 0 Å². The topological polar surface area (TPSA) is 54.3 Å². The highest BCUT2D eigenvalue weighted by atomic mass is 19.1. The molecule has 1 saturated carbocycles. The lowest BCUT2D eigenvalue weighted by atomic mass is 10.1. The molecule has 1 N–H and O–H groups in total. The zero-order chi connectivity index (χ0) is 15.1. The van der Waals surface area contributed by atoms with E-state index < -0.39 is 0 Å². The van der Waals surface area contributed by atoms with Crippen LogP contribution in [0.5, 0.6) is 5.75 Å². The standard InChI is InChI=1S/C16H21FN2O2/c1-20-10-9-19-11-13-3-2-4-14(17)15(13)21-12-16(5-6-16)7-8-18/h2-4,19H,5-7,9-12H2,1H3. The largest absolute Gasteiger partial charge is 0.490 e. The minimum atomic E-state index is -0.353. The van der Waals surface area contributed by atoms with Crippen LogP contribution in [0, 0.1) is 22.6 Å². The van der Waals surface area contributed by atoms with Gasteiger partial charge in [0.15, 0.2) is 11.6 Å². The van der Waals surface area contributed by atoms with Crippen LogP contribution in [0.15, 0.2) is 18.2 Å². The van der Waals surface area contributed by atoms with E-state index in [2.05, 4.69) is 11.4 Å². The smallest absolute Gasteiger partial charge is 0.165 e. The second kappa shape index (κ2) is 7.39. The Morgan fingerprint density at radius 3 is 2.90 bits per heavy atom. The predicted octanol–water partition coefficient (Wildman–Crippen LogP) is 2.63. The normalized spacial score (nSPS) is 15.5. The van der Waals surface area contributed by atoms with Crippen LogP contribution in [0.25, 0.3) is 0 Å². The van der Waals surface area contributed by atoms with Crippen molar-refractivity contribution in [3.05, 3.63) is 29.6 Å². The average Bonchev–Trinajstić information content (AvgIpc) is 3.23. The number of halogens is 1. The molecule has 0 atom stereocenters. The van der Waals surface area contributed by atoms with Crippen LogP contribution in [0.1, 0.15) is 24.8 Å². The van der Waals surface area contributed by atoms with Crippen LogP contribution in [-0.2, 0) is 11.3 Å².